The van der Waals surface area contributed by atoms with Gasteiger partial charge in [0.05, 0.1) is 14.3 Å². The van der Waals surface area contributed by atoms with Crippen LogP contribution in [0.2, 0.25) is 0 Å². The number of nitro benzene ring substituents is 1. The fraction of sp³-hybridized carbons (Fsp3) is 0.143. The Morgan fingerprint density at radius 1 is 1.57 bits per heavy atom. The molecule has 0 radical (unpaired) electrons. The van der Waals surface area contributed by atoms with Crippen LogP contribution in [0, 0.1) is 17.0 Å². The number of hydrogen-bond donors (Lipinski definition) is 1. The molecule has 76 valence electrons. The highest BCUT2D eigenvalue weighted by molar-refractivity contribution is 9.10. The molecule has 7 heteroatoms. The van der Waals surface area contributed by atoms with Gasteiger partial charge in [0.2, 0.25) is 0 Å². The molecular weight excluding hydrogens is 274 g/mol. The van der Waals surface area contributed by atoms with Crippen molar-refractivity contribution in [2.45, 2.75) is 11.8 Å². The summed E-state index contributed by atoms with van der Waals surface area (Å²) in [5.74, 6) is 0. The molecule has 1 N–H and O–H groups in total. The van der Waals surface area contributed by atoms with E-state index in [1.807, 2.05) is 0 Å². The predicted octanol–water partition coefficient (Wildman–Crippen LogP) is 2.25. The van der Waals surface area contributed by atoms with E-state index in [2.05, 4.69) is 15.9 Å². The quantitative estimate of drug-likeness (QED) is 0.512. The number of benzene rings is 1. The number of hydrogen-bond acceptors (Lipinski definition) is 3. The number of nitro groups is 1. The minimum absolute atomic E-state index is 0.0555. The van der Waals surface area contributed by atoms with Gasteiger partial charge in [0.1, 0.15) is 0 Å². The van der Waals surface area contributed by atoms with Gasteiger partial charge in [-0.3, -0.25) is 10.1 Å². The zero-order valence-electron chi connectivity index (χ0n) is 7.06. The molecule has 5 nitrogen and oxygen atoms in total. The summed E-state index contributed by atoms with van der Waals surface area (Å²) in [4.78, 5) is 9.95. The summed E-state index contributed by atoms with van der Waals surface area (Å²) in [5, 5.41) is 10.5. The average Bonchev–Trinajstić information content (AvgIpc) is 2.02. The van der Waals surface area contributed by atoms with Crippen LogP contribution in [0.3, 0.4) is 0 Å². The van der Waals surface area contributed by atoms with Crippen molar-refractivity contribution in [3.8, 4) is 0 Å². The van der Waals surface area contributed by atoms with E-state index in [1.165, 1.54) is 6.07 Å². The molecule has 1 rings (SSSR count). The highest BCUT2D eigenvalue weighted by Gasteiger charge is 2.17. The zero-order valence-corrected chi connectivity index (χ0v) is 9.46. The molecule has 0 aliphatic rings. The van der Waals surface area contributed by atoms with Crippen molar-refractivity contribution in [1.29, 1.82) is 0 Å². The van der Waals surface area contributed by atoms with Gasteiger partial charge in [-0.15, -0.1) is 0 Å². The van der Waals surface area contributed by atoms with Crippen LogP contribution in [-0.2, 0) is 11.1 Å². The molecule has 0 spiro atoms. The van der Waals surface area contributed by atoms with Crippen molar-refractivity contribution in [1.82, 2.24) is 0 Å². The monoisotopic (exact) mass is 279 g/mol. The van der Waals surface area contributed by atoms with Crippen LogP contribution in [0.25, 0.3) is 0 Å². The normalized spacial score (nSPS) is 12.5. The summed E-state index contributed by atoms with van der Waals surface area (Å²) >= 11 is 0.808. The molecule has 0 bridgehead atoms. The highest BCUT2D eigenvalue weighted by atomic mass is 79.9. The van der Waals surface area contributed by atoms with E-state index in [0.29, 0.717) is 10.0 Å². The second-order valence-corrected chi connectivity index (χ2v) is 4.37. The zero-order chi connectivity index (χ0) is 10.9. The van der Waals surface area contributed by atoms with E-state index in [0.717, 1.165) is 6.07 Å². The van der Waals surface area contributed by atoms with E-state index in [9.17, 15) is 14.3 Å². The van der Waals surface area contributed by atoms with Gasteiger partial charge in [-0.1, -0.05) is 0 Å². The third-order valence-corrected chi connectivity index (χ3v) is 3.08. The lowest BCUT2D eigenvalue weighted by Crippen LogP contribution is -1.97. The van der Waals surface area contributed by atoms with Crippen LogP contribution in [0.4, 0.5) is 5.69 Å². The van der Waals surface area contributed by atoms with Gasteiger partial charge in [-0.2, -0.15) is 0 Å². The highest BCUT2D eigenvalue weighted by Crippen LogP contribution is 2.29. The Balaban J connectivity index is 3.42. The molecule has 1 atom stereocenters. The molecule has 1 unspecified atom stereocenters. The van der Waals surface area contributed by atoms with Crippen LogP contribution < -0.4 is 0 Å². The lowest BCUT2D eigenvalue weighted by Gasteiger charge is -2.02. The molecule has 0 aromatic heterocycles. The number of halogens is 1. The van der Waals surface area contributed by atoms with E-state index in [4.69, 9.17) is 4.55 Å². The summed E-state index contributed by atoms with van der Waals surface area (Å²) in [5.41, 5.74) is 0.316. The Kier molecular flexibility index (Phi) is 3.35. The smallest absolute Gasteiger partial charge is 0.284 e. The number of rotatable bonds is 2. The Bertz CT molecular complexity index is 385. The molecule has 0 saturated heterocycles. The first-order chi connectivity index (χ1) is 6.43. The minimum Gasteiger partial charge on any atom is -0.302 e. The van der Waals surface area contributed by atoms with Crippen LogP contribution in [0.15, 0.2) is 21.5 Å². The summed E-state index contributed by atoms with van der Waals surface area (Å²) in [6, 6.07) is 2.54. The summed E-state index contributed by atoms with van der Waals surface area (Å²) in [6.45, 7) is 1.61. The van der Waals surface area contributed by atoms with Gasteiger partial charge in [0.15, 0.2) is 11.1 Å². The van der Waals surface area contributed by atoms with E-state index in [-0.39, 0.29) is 10.6 Å². The first kappa shape index (κ1) is 11.3. The molecule has 0 amide bonds. The standard InChI is InChI=1S/C7H6BrNO4S/c1-4-2-5(8)6(9(10)11)3-7(4)14(12)13/h2-3H,1H3,(H,12,13). The molecule has 0 saturated carbocycles. The van der Waals surface area contributed by atoms with Crippen molar-refractivity contribution in [3.05, 3.63) is 32.3 Å². The SMILES string of the molecule is Cc1cc(Br)c([N+](=O)[O-])cc1S(=O)O. The van der Waals surface area contributed by atoms with Crippen molar-refractivity contribution >= 4 is 32.7 Å². The fourth-order valence-corrected chi connectivity index (χ4v) is 2.12. The summed E-state index contributed by atoms with van der Waals surface area (Å²) < 4.78 is 19.9. The molecule has 1 aromatic carbocycles. The van der Waals surface area contributed by atoms with Crippen LogP contribution in [-0.4, -0.2) is 13.7 Å². The topological polar surface area (TPSA) is 80.4 Å². The first-order valence-corrected chi connectivity index (χ1v) is 5.39. The molecule has 0 aliphatic heterocycles. The van der Waals surface area contributed by atoms with Crippen molar-refractivity contribution in [3.63, 3.8) is 0 Å². The molecule has 1 aromatic rings. The van der Waals surface area contributed by atoms with Gasteiger partial charge < -0.3 is 4.55 Å². The number of nitrogens with zero attached hydrogens (tertiary/aromatic N) is 1. The van der Waals surface area contributed by atoms with Crippen LogP contribution >= 0.6 is 15.9 Å². The number of aryl methyl sites for hydroxylation is 1. The molecule has 0 aliphatic carbocycles. The van der Waals surface area contributed by atoms with Gasteiger partial charge in [-0.05, 0) is 34.5 Å². The predicted molar refractivity (Wildman–Crippen MR) is 54.6 cm³/mol. The Morgan fingerprint density at radius 2 is 2.14 bits per heavy atom. The van der Waals surface area contributed by atoms with E-state index in [1.54, 1.807) is 6.92 Å². The Morgan fingerprint density at radius 3 is 2.57 bits per heavy atom. The van der Waals surface area contributed by atoms with E-state index >= 15 is 0 Å². The van der Waals surface area contributed by atoms with Crippen molar-refractivity contribution in [2.75, 3.05) is 0 Å². The maximum absolute atomic E-state index is 10.8. The summed E-state index contributed by atoms with van der Waals surface area (Å²) in [7, 11) is 0. The van der Waals surface area contributed by atoms with Crippen molar-refractivity contribution < 1.29 is 13.7 Å². The van der Waals surface area contributed by atoms with Gasteiger partial charge >= 0.3 is 0 Å². The van der Waals surface area contributed by atoms with Gasteiger partial charge in [0, 0.05) is 6.07 Å². The molecule has 0 heterocycles. The average molecular weight is 280 g/mol. The summed E-state index contributed by atoms with van der Waals surface area (Å²) in [6.07, 6.45) is 0. The second kappa shape index (κ2) is 4.16. The molecule has 0 fully saturated rings. The Labute approximate surface area is 90.7 Å². The van der Waals surface area contributed by atoms with Crippen LogP contribution in [0.1, 0.15) is 5.56 Å². The maximum atomic E-state index is 10.8. The van der Waals surface area contributed by atoms with Crippen LogP contribution in [0.5, 0.6) is 0 Å². The first-order valence-electron chi connectivity index (χ1n) is 3.49. The third kappa shape index (κ3) is 2.17. The molecule has 14 heavy (non-hydrogen) atoms. The van der Waals surface area contributed by atoms with Crippen molar-refractivity contribution in [2.24, 2.45) is 0 Å². The van der Waals surface area contributed by atoms with E-state index < -0.39 is 16.0 Å². The van der Waals surface area contributed by atoms with Gasteiger partial charge in [0.25, 0.3) is 5.69 Å². The molecular formula is C7H6BrNO4S. The maximum Gasteiger partial charge on any atom is 0.284 e. The fourth-order valence-electron chi connectivity index (χ4n) is 0.970. The Hall–Kier alpha value is -0.790. The lowest BCUT2D eigenvalue weighted by atomic mass is 10.2. The minimum atomic E-state index is -2.20. The van der Waals surface area contributed by atoms with Gasteiger partial charge in [-0.25, -0.2) is 4.21 Å². The lowest BCUT2D eigenvalue weighted by molar-refractivity contribution is -0.385. The third-order valence-electron chi connectivity index (χ3n) is 1.63. The largest absolute Gasteiger partial charge is 0.302 e. The second-order valence-electron chi connectivity index (χ2n) is 2.58.